The Morgan fingerprint density at radius 1 is 1.14 bits per heavy atom. The number of nitrogens with zero attached hydrogens (tertiary/aromatic N) is 1. The van der Waals surface area contributed by atoms with E-state index in [-0.39, 0.29) is 24.0 Å². The van der Waals surface area contributed by atoms with E-state index in [0.29, 0.717) is 29.6 Å². The number of likely N-dealkylation sites (tertiary alicyclic amines) is 1. The number of hydrogen-bond acceptors (Lipinski definition) is 7. The van der Waals surface area contributed by atoms with E-state index in [2.05, 4.69) is 29.6 Å². The minimum Gasteiger partial charge on any atom is -0.467 e. The van der Waals surface area contributed by atoms with Crippen LogP contribution in [-0.2, 0) is 14.3 Å². The highest BCUT2D eigenvalue weighted by Crippen LogP contribution is 2.44. The molecule has 0 unspecified atom stereocenters. The van der Waals surface area contributed by atoms with Crippen molar-refractivity contribution in [2.45, 2.75) is 37.3 Å². The maximum absolute atomic E-state index is 13.1. The molecule has 4 rings (SSSR count). The Bertz CT molecular complexity index is 1050. The van der Waals surface area contributed by atoms with E-state index in [1.54, 1.807) is 11.8 Å². The Hall–Kier alpha value is -2.23. The molecule has 36 heavy (non-hydrogen) atoms. The number of carbonyl (C=O) groups is 2. The van der Waals surface area contributed by atoms with Crippen molar-refractivity contribution in [3.8, 4) is 11.1 Å². The van der Waals surface area contributed by atoms with Gasteiger partial charge in [0.2, 0.25) is 0 Å². The van der Waals surface area contributed by atoms with Crippen molar-refractivity contribution >= 4 is 52.1 Å². The average molecular weight is 545 g/mol. The van der Waals surface area contributed by atoms with E-state index < -0.39 is 6.04 Å². The quantitative estimate of drug-likeness (QED) is 0.337. The van der Waals surface area contributed by atoms with Gasteiger partial charge in [-0.3, -0.25) is 0 Å². The zero-order chi connectivity index (χ0) is 25.5. The van der Waals surface area contributed by atoms with Crippen LogP contribution in [0.25, 0.3) is 11.1 Å². The number of amides is 1. The second kappa shape index (κ2) is 12.8. The Morgan fingerprint density at radius 3 is 2.44 bits per heavy atom. The van der Waals surface area contributed by atoms with Crippen molar-refractivity contribution in [3.05, 3.63) is 59.7 Å². The lowest BCUT2D eigenvalue weighted by atomic mass is 9.98. The van der Waals surface area contributed by atoms with Crippen molar-refractivity contribution < 1.29 is 19.1 Å². The van der Waals surface area contributed by atoms with Crippen LogP contribution in [0.4, 0.5) is 4.79 Å². The van der Waals surface area contributed by atoms with Crippen molar-refractivity contribution in [2.24, 2.45) is 0 Å². The molecule has 0 spiro atoms. The number of thioether (sulfide) groups is 2. The number of hydrogen-bond donors (Lipinski definition) is 1. The second-order valence-corrected chi connectivity index (χ2v) is 11.6. The van der Waals surface area contributed by atoms with Gasteiger partial charge in [0, 0.05) is 24.3 Å². The van der Waals surface area contributed by atoms with Crippen molar-refractivity contribution in [3.63, 3.8) is 0 Å². The van der Waals surface area contributed by atoms with Gasteiger partial charge in [-0.1, -0.05) is 72.5 Å². The first-order chi connectivity index (χ1) is 17.5. The molecule has 0 saturated carbocycles. The van der Waals surface area contributed by atoms with Gasteiger partial charge in [0.1, 0.15) is 17.0 Å². The number of carbonyl (C=O) groups excluding carboxylic acids is 2. The highest BCUT2D eigenvalue weighted by atomic mass is 32.2. The lowest BCUT2D eigenvalue weighted by molar-refractivity contribution is -0.142. The maximum atomic E-state index is 13.1. The molecule has 1 saturated heterocycles. The standard InChI is InChI=1S/C27H32N2O4S3/c1-32-25(30)24(13-15-35-2)28-26(34)36-17-18-8-7-14-29(18)27(31)33-16-23-21-11-5-3-9-19(21)20-10-4-6-12-22(20)23/h3-6,9-12,18,23-24H,7-8,13-17H2,1-2H3,(H,28,34)/t18-,24-/m0/s1. The van der Waals surface area contributed by atoms with Gasteiger partial charge in [-0.05, 0) is 53.5 Å². The summed E-state index contributed by atoms with van der Waals surface area (Å²) in [6, 6.07) is 16.3. The number of nitrogens with one attached hydrogen (secondary N) is 1. The highest BCUT2D eigenvalue weighted by molar-refractivity contribution is 8.23. The Kier molecular flexibility index (Phi) is 9.56. The third-order valence-corrected chi connectivity index (χ3v) is 8.79. The predicted molar refractivity (Wildman–Crippen MR) is 152 cm³/mol. The first kappa shape index (κ1) is 26.8. The minimum absolute atomic E-state index is 0.0464. The molecule has 1 fully saturated rings. The van der Waals surface area contributed by atoms with Crippen LogP contribution in [0.5, 0.6) is 0 Å². The second-order valence-electron chi connectivity index (χ2n) is 8.89. The van der Waals surface area contributed by atoms with E-state index in [9.17, 15) is 9.59 Å². The summed E-state index contributed by atoms with van der Waals surface area (Å²) in [5.74, 6) is 1.23. The molecule has 2 aliphatic rings. The zero-order valence-corrected chi connectivity index (χ0v) is 23.1. The van der Waals surface area contributed by atoms with Crippen LogP contribution in [0.15, 0.2) is 48.5 Å². The molecule has 192 valence electrons. The fourth-order valence-electron chi connectivity index (χ4n) is 4.91. The summed E-state index contributed by atoms with van der Waals surface area (Å²) >= 11 is 8.63. The van der Waals surface area contributed by atoms with Crippen molar-refractivity contribution in [1.29, 1.82) is 0 Å². The molecule has 0 aromatic heterocycles. The van der Waals surface area contributed by atoms with E-state index in [1.165, 1.54) is 41.1 Å². The predicted octanol–water partition coefficient (Wildman–Crippen LogP) is 5.30. The first-order valence-electron chi connectivity index (χ1n) is 12.1. The normalized spacial score (nSPS) is 17.3. The SMILES string of the molecule is COC(=O)[C@H](CCSC)NC(=S)SC[C@@H]1CCCN1C(=O)OCC1c2ccccc2-c2ccccc21. The van der Waals surface area contributed by atoms with Gasteiger partial charge in [-0.2, -0.15) is 11.8 Å². The van der Waals surface area contributed by atoms with E-state index in [4.69, 9.17) is 21.7 Å². The fraction of sp³-hybridized carbons (Fsp3) is 0.444. The smallest absolute Gasteiger partial charge is 0.410 e. The molecule has 2 atom stereocenters. The summed E-state index contributed by atoms with van der Waals surface area (Å²) < 4.78 is 11.3. The minimum atomic E-state index is -0.454. The van der Waals surface area contributed by atoms with E-state index >= 15 is 0 Å². The third-order valence-electron chi connectivity index (χ3n) is 6.74. The number of methoxy groups -OCH3 is 1. The van der Waals surface area contributed by atoms with Gasteiger partial charge in [-0.15, -0.1) is 0 Å². The Morgan fingerprint density at radius 2 is 1.81 bits per heavy atom. The van der Waals surface area contributed by atoms with Gasteiger partial charge in [-0.25, -0.2) is 9.59 Å². The molecule has 1 amide bonds. The summed E-state index contributed by atoms with van der Waals surface area (Å²) in [5, 5.41) is 3.12. The molecule has 0 radical (unpaired) electrons. The lowest BCUT2D eigenvalue weighted by Gasteiger charge is -2.25. The molecule has 1 aliphatic heterocycles. The van der Waals surface area contributed by atoms with Crippen LogP contribution in [0, 0.1) is 0 Å². The van der Waals surface area contributed by atoms with Gasteiger partial charge < -0.3 is 19.7 Å². The third kappa shape index (κ3) is 6.18. The molecular formula is C27H32N2O4S3. The highest BCUT2D eigenvalue weighted by Gasteiger charge is 2.33. The summed E-state index contributed by atoms with van der Waals surface area (Å²) in [6.07, 6.45) is 4.22. The zero-order valence-electron chi connectivity index (χ0n) is 20.6. The summed E-state index contributed by atoms with van der Waals surface area (Å²) in [6.45, 7) is 1.00. The number of esters is 1. The van der Waals surface area contributed by atoms with Crippen LogP contribution in [0.3, 0.4) is 0 Å². The van der Waals surface area contributed by atoms with Gasteiger partial charge in [0.05, 0.1) is 7.11 Å². The summed E-state index contributed by atoms with van der Waals surface area (Å²) in [4.78, 5) is 27.0. The molecular weight excluding hydrogens is 513 g/mol. The maximum Gasteiger partial charge on any atom is 0.410 e. The van der Waals surface area contributed by atoms with E-state index in [0.717, 1.165) is 18.6 Å². The number of benzene rings is 2. The average Bonchev–Trinajstić information content (AvgIpc) is 3.51. The number of ether oxygens (including phenoxy) is 2. The molecule has 1 aliphatic carbocycles. The molecule has 1 heterocycles. The van der Waals surface area contributed by atoms with Gasteiger partial charge in [0.15, 0.2) is 0 Å². The summed E-state index contributed by atoms with van der Waals surface area (Å²) in [5.41, 5.74) is 4.85. The van der Waals surface area contributed by atoms with Gasteiger partial charge in [0.25, 0.3) is 0 Å². The Balaban J connectivity index is 1.31. The summed E-state index contributed by atoms with van der Waals surface area (Å²) in [7, 11) is 1.39. The molecule has 9 heteroatoms. The van der Waals surface area contributed by atoms with Crippen molar-refractivity contribution in [1.82, 2.24) is 10.2 Å². The molecule has 0 bridgehead atoms. The van der Waals surface area contributed by atoms with Gasteiger partial charge >= 0.3 is 12.1 Å². The van der Waals surface area contributed by atoms with Crippen LogP contribution >= 0.6 is 35.7 Å². The molecule has 2 aromatic carbocycles. The molecule has 1 N–H and O–H groups in total. The lowest BCUT2D eigenvalue weighted by Crippen LogP contribution is -2.41. The number of fused-ring (bicyclic) bond motifs is 3. The van der Waals surface area contributed by atoms with E-state index in [1.807, 2.05) is 35.4 Å². The van der Waals surface area contributed by atoms with Crippen molar-refractivity contribution in [2.75, 3.05) is 38.0 Å². The molecule has 2 aromatic rings. The molecule has 6 nitrogen and oxygen atoms in total. The number of rotatable bonds is 9. The topological polar surface area (TPSA) is 67.9 Å². The number of thiocarbonyl (C=S) groups is 1. The first-order valence-corrected chi connectivity index (χ1v) is 14.9. The fourth-order valence-corrected chi connectivity index (χ4v) is 6.64. The van der Waals surface area contributed by atoms with Crippen LogP contribution in [0.1, 0.15) is 36.3 Å². The van der Waals surface area contributed by atoms with Crippen LogP contribution in [-0.4, -0.2) is 71.4 Å². The monoisotopic (exact) mass is 544 g/mol. The largest absolute Gasteiger partial charge is 0.467 e. The van der Waals surface area contributed by atoms with Crippen LogP contribution < -0.4 is 5.32 Å². The van der Waals surface area contributed by atoms with Crippen LogP contribution in [0.2, 0.25) is 0 Å². The Labute approximate surface area is 226 Å².